The summed E-state index contributed by atoms with van der Waals surface area (Å²) in [5.74, 6) is 2.34. The maximum absolute atomic E-state index is 5.92. The van der Waals surface area contributed by atoms with Gasteiger partial charge in [0.25, 0.3) is 0 Å². The van der Waals surface area contributed by atoms with Crippen LogP contribution in [0.5, 0.6) is 11.5 Å². The summed E-state index contributed by atoms with van der Waals surface area (Å²) in [5, 5.41) is 3.48. The van der Waals surface area contributed by atoms with Crippen LogP contribution in [0.25, 0.3) is 0 Å². The first-order valence-electron chi connectivity index (χ1n) is 7.01. The fourth-order valence-corrected chi connectivity index (χ4v) is 2.22. The largest absolute Gasteiger partial charge is 0.497 e. The Morgan fingerprint density at radius 1 is 1.30 bits per heavy atom. The van der Waals surface area contributed by atoms with Crippen LogP contribution in [-0.2, 0) is 0 Å². The monoisotopic (exact) mass is 343 g/mol. The lowest BCUT2D eigenvalue weighted by molar-refractivity contribution is 0.174. The Balaban J connectivity index is 2.48. The van der Waals surface area contributed by atoms with Gasteiger partial charge in [0, 0.05) is 12.0 Å². The summed E-state index contributed by atoms with van der Waals surface area (Å²) in [5.41, 5.74) is 0.0915. The second kappa shape index (κ2) is 7.89. The molecule has 1 aromatic carbocycles. The highest BCUT2D eigenvalue weighted by Crippen LogP contribution is 2.30. The van der Waals surface area contributed by atoms with E-state index in [-0.39, 0.29) is 5.41 Å². The van der Waals surface area contributed by atoms with Crippen LogP contribution in [-0.4, -0.2) is 26.8 Å². The van der Waals surface area contributed by atoms with Crippen molar-refractivity contribution in [3.8, 4) is 11.5 Å². The van der Waals surface area contributed by atoms with Crippen LogP contribution in [0.15, 0.2) is 22.7 Å². The zero-order valence-corrected chi connectivity index (χ0v) is 14.7. The fourth-order valence-electron chi connectivity index (χ4n) is 1.75. The predicted octanol–water partition coefficient (Wildman–Crippen LogP) is 4.11. The van der Waals surface area contributed by atoms with E-state index in [1.165, 1.54) is 0 Å². The van der Waals surface area contributed by atoms with Crippen LogP contribution in [0.2, 0.25) is 0 Å². The van der Waals surface area contributed by atoms with Gasteiger partial charge in [0.2, 0.25) is 0 Å². The molecule has 0 aliphatic heterocycles. The van der Waals surface area contributed by atoms with Crippen LogP contribution in [0, 0.1) is 11.3 Å². The minimum atomic E-state index is 0.0915. The van der Waals surface area contributed by atoms with Gasteiger partial charge in [0.1, 0.15) is 11.5 Å². The molecule has 0 aliphatic rings. The molecule has 0 atom stereocenters. The molecule has 3 nitrogen and oxygen atoms in total. The Morgan fingerprint density at radius 2 is 2.00 bits per heavy atom. The highest BCUT2D eigenvalue weighted by Gasteiger charge is 2.19. The first-order valence-corrected chi connectivity index (χ1v) is 7.80. The Morgan fingerprint density at radius 3 is 2.55 bits per heavy atom. The number of halogens is 1. The number of benzene rings is 1. The van der Waals surface area contributed by atoms with Crippen molar-refractivity contribution in [2.45, 2.75) is 27.7 Å². The molecule has 114 valence electrons. The molecule has 0 bridgehead atoms. The average Bonchev–Trinajstić information content (AvgIpc) is 2.36. The maximum atomic E-state index is 5.92. The first kappa shape index (κ1) is 17.3. The lowest BCUT2D eigenvalue weighted by Gasteiger charge is -2.26. The van der Waals surface area contributed by atoms with E-state index in [0.717, 1.165) is 29.1 Å². The molecule has 0 spiro atoms. The van der Waals surface area contributed by atoms with Crippen LogP contribution < -0.4 is 14.8 Å². The third-order valence-electron chi connectivity index (χ3n) is 2.91. The molecule has 1 rings (SSSR count). The van der Waals surface area contributed by atoms with Crippen molar-refractivity contribution in [1.82, 2.24) is 5.32 Å². The number of rotatable bonds is 8. The van der Waals surface area contributed by atoms with Gasteiger partial charge in [-0.15, -0.1) is 0 Å². The summed E-state index contributed by atoms with van der Waals surface area (Å²) in [6.45, 7) is 11.5. The van der Waals surface area contributed by atoms with Gasteiger partial charge in [-0.05, 0) is 46.6 Å². The predicted molar refractivity (Wildman–Crippen MR) is 87.7 cm³/mol. The molecule has 20 heavy (non-hydrogen) atoms. The molecule has 0 saturated carbocycles. The zero-order valence-electron chi connectivity index (χ0n) is 13.1. The minimum Gasteiger partial charge on any atom is -0.497 e. The Labute approximate surface area is 131 Å². The number of hydrogen-bond acceptors (Lipinski definition) is 3. The van der Waals surface area contributed by atoms with E-state index in [1.54, 1.807) is 7.11 Å². The van der Waals surface area contributed by atoms with Crippen LogP contribution >= 0.6 is 15.9 Å². The molecule has 4 heteroatoms. The molecule has 1 aromatic rings. The Hall–Kier alpha value is -0.740. The summed E-state index contributed by atoms with van der Waals surface area (Å²) in [6, 6.07) is 5.75. The molecule has 0 radical (unpaired) electrons. The van der Waals surface area contributed by atoms with Gasteiger partial charge in [-0.2, -0.15) is 0 Å². The lowest BCUT2D eigenvalue weighted by atomic mass is 9.94. The second-order valence-corrected chi connectivity index (χ2v) is 7.13. The zero-order chi connectivity index (χ0) is 15.2. The van der Waals surface area contributed by atoms with Gasteiger partial charge in [0.15, 0.2) is 0 Å². The van der Waals surface area contributed by atoms with Crippen molar-refractivity contribution in [2.75, 3.05) is 26.8 Å². The van der Waals surface area contributed by atoms with E-state index in [0.29, 0.717) is 12.5 Å². The van der Waals surface area contributed by atoms with Gasteiger partial charge < -0.3 is 14.8 Å². The van der Waals surface area contributed by atoms with E-state index in [2.05, 4.69) is 48.9 Å². The van der Waals surface area contributed by atoms with E-state index in [9.17, 15) is 0 Å². The van der Waals surface area contributed by atoms with Crippen molar-refractivity contribution in [2.24, 2.45) is 11.3 Å². The highest BCUT2D eigenvalue weighted by molar-refractivity contribution is 9.10. The molecule has 0 saturated heterocycles. The standard InChI is InChI=1S/C16H26BrNO2/c1-12(2)9-18-10-16(3,4)11-20-15-7-6-13(19-5)8-14(15)17/h6-8,12,18H,9-11H2,1-5H3. The molecule has 0 aliphatic carbocycles. The van der Waals surface area contributed by atoms with Crippen molar-refractivity contribution >= 4 is 15.9 Å². The number of methoxy groups -OCH3 is 1. The van der Waals surface area contributed by atoms with Gasteiger partial charge in [-0.1, -0.05) is 27.7 Å². The molecular formula is C16H26BrNO2. The number of hydrogen-bond donors (Lipinski definition) is 1. The van der Waals surface area contributed by atoms with Crippen molar-refractivity contribution in [1.29, 1.82) is 0 Å². The summed E-state index contributed by atoms with van der Waals surface area (Å²) in [7, 11) is 1.66. The molecule has 0 amide bonds. The third-order valence-corrected chi connectivity index (χ3v) is 3.53. The van der Waals surface area contributed by atoms with E-state index < -0.39 is 0 Å². The van der Waals surface area contributed by atoms with Crippen LogP contribution in [0.1, 0.15) is 27.7 Å². The SMILES string of the molecule is COc1ccc(OCC(C)(C)CNCC(C)C)c(Br)c1. The first-order chi connectivity index (χ1) is 9.34. The lowest BCUT2D eigenvalue weighted by Crippen LogP contribution is -2.35. The maximum Gasteiger partial charge on any atom is 0.133 e. The van der Waals surface area contributed by atoms with Crippen molar-refractivity contribution < 1.29 is 9.47 Å². The van der Waals surface area contributed by atoms with Crippen LogP contribution in [0.3, 0.4) is 0 Å². The summed E-state index contributed by atoms with van der Waals surface area (Å²) >= 11 is 3.51. The van der Waals surface area contributed by atoms with Gasteiger partial charge in [-0.3, -0.25) is 0 Å². The number of nitrogens with one attached hydrogen (secondary N) is 1. The summed E-state index contributed by atoms with van der Waals surface area (Å²) in [6.07, 6.45) is 0. The quantitative estimate of drug-likeness (QED) is 0.770. The molecular weight excluding hydrogens is 318 g/mol. The minimum absolute atomic E-state index is 0.0915. The van der Waals surface area contributed by atoms with Gasteiger partial charge in [-0.25, -0.2) is 0 Å². The Bertz CT molecular complexity index is 419. The normalized spacial score (nSPS) is 11.8. The molecule has 0 unspecified atom stereocenters. The van der Waals surface area contributed by atoms with Gasteiger partial charge >= 0.3 is 0 Å². The van der Waals surface area contributed by atoms with Crippen molar-refractivity contribution in [3.05, 3.63) is 22.7 Å². The van der Waals surface area contributed by atoms with Crippen molar-refractivity contribution in [3.63, 3.8) is 0 Å². The summed E-state index contributed by atoms with van der Waals surface area (Å²) in [4.78, 5) is 0. The van der Waals surface area contributed by atoms with E-state index in [1.807, 2.05) is 18.2 Å². The van der Waals surface area contributed by atoms with Crippen LogP contribution in [0.4, 0.5) is 0 Å². The van der Waals surface area contributed by atoms with E-state index >= 15 is 0 Å². The molecule has 0 fully saturated rings. The second-order valence-electron chi connectivity index (χ2n) is 6.27. The third kappa shape index (κ3) is 6.14. The smallest absolute Gasteiger partial charge is 0.133 e. The highest BCUT2D eigenvalue weighted by atomic mass is 79.9. The molecule has 0 heterocycles. The molecule has 1 N–H and O–H groups in total. The topological polar surface area (TPSA) is 30.5 Å². The van der Waals surface area contributed by atoms with E-state index in [4.69, 9.17) is 9.47 Å². The molecule has 0 aromatic heterocycles. The number of ether oxygens (including phenoxy) is 2. The van der Waals surface area contributed by atoms with Gasteiger partial charge in [0.05, 0.1) is 18.2 Å². The average molecular weight is 344 g/mol. The Kier molecular flexibility index (Phi) is 6.83. The summed E-state index contributed by atoms with van der Waals surface area (Å²) < 4.78 is 12.0. The fraction of sp³-hybridized carbons (Fsp3) is 0.625.